The van der Waals surface area contributed by atoms with Crippen molar-refractivity contribution in [1.82, 2.24) is 15.2 Å². The lowest BCUT2D eigenvalue weighted by Crippen LogP contribution is -1.83. The number of hydrogen-bond acceptors (Lipinski definition) is 4. The van der Waals surface area contributed by atoms with E-state index in [1.54, 1.807) is 0 Å². The fraction of sp³-hybridized carbons (Fsp3) is 0. The molecule has 0 radical (unpaired) electrons. The van der Waals surface area contributed by atoms with E-state index in [1.165, 1.54) is 0 Å². The molecule has 0 aromatic carbocycles. The van der Waals surface area contributed by atoms with E-state index in [4.69, 9.17) is 16.7 Å². The van der Waals surface area contributed by atoms with Crippen molar-refractivity contribution in [3.63, 3.8) is 0 Å². The minimum atomic E-state index is -0.218. The van der Waals surface area contributed by atoms with Crippen molar-refractivity contribution in [2.45, 2.75) is 0 Å². The third-order valence-electron chi connectivity index (χ3n) is 0.520. The number of halogens is 1. The molecule has 1 rings (SSSR count). The van der Waals surface area contributed by atoms with Gasteiger partial charge in [-0.3, -0.25) is 0 Å². The van der Waals surface area contributed by atoms with Gasteiger partial charge in [0.2, 0.25) is 11.2 Å². The van der Waals surface area contributed by atoms with Gasteiger partial charge in [-0.15, -0.1) is 5.10 Å². The molecule has 0 aliphatic carbocycles. The molecule has 42 valence electrons. The van der Waals surface area contributed by atoms with Gasteiger partial charge in [-0.2, -0.15) is 10.1 Å². The fourth-order valence-corrected chi connectivity index (χ4v) is 0.404. The zero-order valence-electron chi connectivity index (χ0n) is 3.74. The summed E-state index contributed by atoms with van der Waals surface area (Å²) in [5.41, 5.74) is 0. The predicted octanol–water partition coefficient (Wildman–Crippen LogP) is 0.231. The first-order chi connectivity index (χ1) is 3.79. The topological polar surface area (TPSA) is 58.9 Å². The Bertz CT molecular complexity index is 174. The molecule has 0 saturated carbocycles. The Labute approximate surface area is 50.2 Å². The van der Waals surface area contributed by atoms with Gasteiger partial charge in [0.25, 0.3) is 0 Å². The lowest BCUT2D eigenvalue weighted by molar-refractivity contribution is 0.447. The van der Waals surface area contributed by atoms with E-state index >= 15 is 0 Å². The molecule has 0 saturated heterocycles. The van der Waals surface area contributed by atoms with Crippen LogP contribution >= 0.6 is 11.6 Å². The number of rotatable bonds is 0. The monoisotopic (exact) mass is 131 g/mol. The Morgan fingerprint density at radius 3 is 2.75 bits per heavy atom. The average molecular weight is 132 g/mol. The first-order valence-electron chi connectivity index (χ1n) is 1.83. The summed E-state index contributed by atoms with van der Waals surface area (Å²) >= 11 is 5.20. The van der Waals surface area contributed by atoms with Crippen molar-refractivity contribution in [3.05, 3.63) is 11.5 Å². The van der Waals surface area contributed by atoms with Crippen LogP contribution in [0.1, 0.15) is 0 Å². The van der Waals surface area contributed by atoms with Gasteiger partial charge in [0.05, 0.1) is 0 Å². The third kappa shape index (κ3) is 1.04. The highest BCUT2D eigenvalue weighted by molar-refractivity contribution is 6.28. The minimum Gasteiger partial charge on any atom is -0.492 e. The van der Waals surface area contributed by atoms with Crippen LogP contribution in [0.4, 0.5) is 0 Å². The van der Waals surface area contributed by atoms with Crippen LogP contribution in [0.3, 0.4) is 0 Å². The summed E-state index contributed by atoms with van der Waals surface area (Å²) in [7, 11) is 0. The largest absolute Gasteiger partial charge is 0.492 e. The van der Waals surface area contributed by atoms with Gasteiger partial charge in [-0.1, -0.05) is 0 Å². The molecular formula is C3H2ClN3O. The van der Waals surface area contributed by atoms with Crippen LogP contribution in [0.15, 0.2) is 6.20 Å². The summed E-state index contributed by atoms with van der Waals surface area (Å²) in [6, 6.07) is 0. The molecule has 1 heterocycles. The Kier molecular flexibility index (Phi) is 1.26. The van der Waals surface area contributed by atoms with Crippen LogP contribution in [0.2, 0.25) is 5.28 Å². The average Bonchev–Trinajstić information content (AvgIpc) is 1.64. The SMILES string of the molecule is Oc1cnnc(Cl)n1. The van der Waals surface area contributed by atoms with E-state index < -0.39 is 0 Å². The van der Waals surface area contributed by atoms with Crippen LogP contribution in [-0.2, 0) is 0 Å². The van der Waals surface area contributed by atoms with Crippen LogP contribution in [0.25, 0.3) is 0 Å². The van der Waals surface area contributed by atoms with Crippen molar-refractivity contribution in [1.29, 1.82) is 0 Å². The van der Waals surface area contributed by atoms with Gasteiger partial charge >= 0.3 is 0 Å². The molecule has 8 heavy (non-hydrogen) atoms. The summed E-state index contributed by atoms with van der Waals surface area (Å²) < 4.78 is 0. The maximum absolute atomic E-state index is 8.52. The predicted molar refractivity (Wildman–Crippen MR) is 26.5 cm³/mol. The number of aromatic hydroxyl groups is 1. The lowest BCUT2D eigenvalue weighted by Gasteiger charge is -1.84. The summed E-state index contributed by atoms with van der Waals surface area (Å²) in [5, 5.41) is 15.0. The molecule has 1 aromatic rings. The second-order valence-electron chi connectivity index (χ2n) is 1.08. The van der Waals surface area contributed by atoms with Gasteiger partial charge in [0, 0.05) is 0 Å². The molecule has 1 N–H and O–H groups in total. The summed E-state index contributed by atoms with van der Waals surface area (Å²) in [6.45, 7) is 0. The second kappa shape index (κ2) is 1.92. The van der Waals surface area contributed by atoms with Gasteiger partial charge in [-0.05, 0) is 11.6 Å². The van der Waals surface area contributed by atoms with Crippen LogP contribution in [-0.4, -0.2) is 20.3 Å². The highest BCUT2D eigenvalue weighted by atomic mass is 35.5. The summed E-state index contributed by atoms with van der Waals surface area (Å²) in [6.07, 6.45) is 1.10. The van der Waals surface area contributed by atoms with Crippen molar-refractivity contribution >= 4 is 11.6 Å². The first-order valence-corrected chi connectivity index (χ1v) is 2.21. The zero-order chi connectivity index (χ0) is 5.98. The Morgan fingerprint density at radius 1 is 1.62 bits per heavy atom. The van der Waals surface area contributed by atoms with E-state index in [0.29, 0.717) is 0 Å². The van der Waals surface area contributed by atoms with Crippen molar-refractivity contribution in [2.24, 2.45) is 0 Å². The normalized spacial score (nSPS) is 9.12. The number of aromatic nitrogens is 3. The molecule has 1 aromatic heterocycles. The highest BCUT2D eigenvalue weighted by Gasteiger charge is 1.90. The van der Waals surface area contributed by atoms with Gasteiger partial charge in [-0.25, -0.2) is 0 Å². The van der Waals surface area contributed by atoms with E-state index in [9.17, 15) is 0 Å². The molecule has 4 nitrogen and oxygen atoms in total. The lowest BCUT2D eigenvalue weighted by atomic mass is 10.8. The quantitative estimate of drug-likeness (QED) is 0.548. The summed E-state index contributed by atoms with van der Waals surface area (Å²) in [5.74, 6) is -0.218. The number of hydrogen-bond donors (Lipinski definition) is 1. The van der Waals surface area contributed by atoms with Gasteiger partial charge in [0.15, 0.2) is 0 Å². The van der Waals surface area contributed by atoms with E-state index in [-0.39, 0.29) is 11.2 Å². The third-order valence-corrected chi connectivity index (χ3v) is 0.680. The number of nitrogens with zero attached hydrogens (tertiary/aromatic N) is 3. The molecule has 0 unspecified atom stereocenters. The van der Waals surface area contributed by atoms with Crippen LogP contribution in [0, 0.1) is 0 Å². The van der Waals surface area contributed by atoms with Crippen molar-refractivity contribution < 1.29 is 5.11 Å². The van der Waals surface area contributed by atoms with Crippen molar-refractivity contribution in [2.75, 3.05) is 0 Å². The van der Waals surface area contributed by atoms with E-state index in [0.717, 1.165) is 6.20 Å². The maximum Gasteiger partial charge on any atom is 0.246 e. The zero-order valence-corrected chi connectivity index (χ0v) is 4.50. The smallest absolute Gasteiger partial charge is 0.246 e. The van der Waals surface area contributed by atoms with E-state index in [1.807, 2.05) is 0 Å². The summed E-state index contributed by atoms with van der Waals surface area (Å²) in [4.78, 5) is 3.32. The van der Waals surface area contributed by atoms with Gasteiger partial charge < -0.3 is 5.11 Å². The van der Waals surface area contributed by atoms with Crippen LogP contribution < -0.4 is 0 Å². The second-order valence-corrected chi connectivity index (χ2v) is 1.42. The van der Waals surface area contributed by atoms with Crippen LogP contribution in [0.5, 0.6) is 5.88 Å². The molecular weight excluding hydrogens is 130 g/mol. The molecule has 0 aliphatic rings. The van der Waals surface area contributed by atoms with Crippen molar-refractivity contribution in [3.8, 4) is 5.88 Å². The van der Waals surface area contributed by atoms with Gasteiger partial charge in [0.1, 0.15) is 6.20 Å². The maximum atomic E-state index is 8.52. The molecule has 0 atom stereocenters. The Balaban J connectivity index is 3.08. The molecule has 0 bridgehead atoms. The fourth-order valence-electron chi connectivity index (χ4n) is 0.274. The minimum absolute atomic E-state index is 0.0509. The first kappa shape index (κ1) is 5.24. The molecule has 0 spiro atoms. The molecule has 5 heteroatoms. The highest BCUT2D eigenvalue weighted by Crippen LogP contribution is 2.01. The molecule has 0 aliphatic heterocycles. The standard InChI is InChI=1S/C3H2ClN3O/c4-3-6-2(8)1-5-7-3/h1H,(H,6,7,8). The Hall–Kier alpha value is -0.900. The molecule has 0 amide bonds. The Morgan fingerprint density at radius 2 is 2.38 bits per heavy atom. The van der Waals surface area contributed by atoms with E-state index in [2.05, 4.69) is 15.2 Å². The molecule has 0 fully saturated rings.